The molecule has 0 radical (unpaired) electrons. The third kappa shape index (κ3) is 3.74. The maximum Gasteiger partial charge on any atom is 0.139 e. The molecule has 1 aliphatic carbocycles. The lowest BCUT2D eigenvalue weighted by Crippen LogP contribution is -2.12. The fourth-order valence-electron chi connectivity index (χ4n) is 5.58. The van der Waals surface area contributed by atoms with Crippen molar-refractivity contribution in [3.8, 4) is 22.6 Å². The third-order valence-electron chi connectivity index (χ3n) is 7.19. The first-order valence-corrected chi connectivity index (χ1v) is 12.7. The summed E-state index contributed by atoms with van der Waals surface area (Å²) in [5, 5.41) is 3.72. The summed E-state index contributed by atoms with van der Waals surface area (Å²) in [5.41, 5.74) is 9.35. The van der Waals surface area contributed by atoms with Gasteiger partial charge >= 0.3 is 0 Å². The van der Waals surface area contributed by atoms with Crippen LogP contribution in [0.5, 0.6) is 0 Å². The molecule has 3 nitrogen and oxygen atoms in total. The Morgan fingerprint density at radius 2 is 1.80 bits per heavy atom. The zero-order valence-corrected chi connectivity index (χ0v) is 21.3. The van der Waals surface area contributed by atoms with Gasteiger partial charge in [0.25, 0.3) is 0 Å². The van der Waals surface area contributed by atoms with Crippen molar-refractivity contribution in [2.45, 2.75) is 59.3 Å². The first kappa shape index (κ1) is 22.0. The molecule has 2 aromatic carbocycles. The van der Waals surface area contributed by atoms with Crippen molar-refractivity contribution in [2.24, 2.45) is 5.92 Å². The number of hydrogen-bond acceptors (Lipinski definition) is 3. The number of pyridine rings is 2. The molecule has 176 valence electrons. The van der Waals surface area contributed by atoms with Gasteiger partial charge in [0.15, 0.2) is 0 Å². The number of fused-ring (bicyclic) bond motifs is 6. The van der Waals surface area contributed by atoms with Crippen LogP contribution in [0.3, 0.4) is 0 Å². The van der Waals surface area contributed by atoms with E-state index in [-0.39, 0.29) is 5.41 Å². The van der Waals surface area contributed by atoms with E-state index in [2.05, 4.69) is 83.3 Å². The van der Waals surface area contributed by atoms with E-state index in [1.807, 2.05) is 12.3 Å². The fraction of sp³-hybridized carbons (Fsp3) is 0.312. The molecule has 5 aromatic rings. The molecule has 0 fully saturated rings. The summed E-state index contributed by atoms with van der Waals surface area (Å²) in [6, 6.07) is 17.6. The fourth-order valence-corrected chi connectivity index (χ4v) is 5.58. The molecule has 0 bridgehead atoms. The molecule has 3 heterocycles. The highest BCUT2D eigenvalue weighted by Crippen LogP contribution is 2.44. The number of aryl methyl sites for hydroxylation is 2. The van der Waals surface area contributed by atoms with Crippen molar-refractivity contribution in [1.82, 2.24) is 9.97 Å². The monoisotopic (exact) mass is 460 g/mol. The molecule has 1 aliphatic rings. The number of rotatable bonds is 3. The van der Waals surface area contributed by atoms with Gasteiger partial charge in [-0.2, -0.15) is 0 Å². The SMILES string of the molecule is CC(C)Cc1cc2c(cn1)CCc1c-2oc2ccnc(-c3cc(C(C)(C)C)c4ccccc4c3)c12. The van der Waals surface area contributed by atoms with E-state index in [9.17, 15) is 0 Å². The molecule has 0 atom stereocenters. The maximum atomic E-state index is 6.56. The third-order valence-corrected chi connectivity index (χ3v) is 7.19. The molecule has 0 saturated heterocycles. The maximum absolute atomic E-state index is 6.56. The molecule has 35 heavy (non-hydrogen) atoms. The molecule has 3 heteroatoms. The lowest BCUT2D eigenvalue weighted by molar-refractivity contribution is 0.596. The number of hydrogen-bond donors (Lipinski definition) is 0. The van der Waals surface area contributed by atoms with Gasteiger partial charge in [0.1, 0.15) is 11.3 Å². The van der Waals surface area contributed by atoms with Crippen LogP contribution in [-0.2, 0) is 24.7 Å². The Labute approximate surface area is 207 Å². The molecule has 0 spiro atoms. The Balaban J connectivity index is 1.58. The van der Waals surface area contributed by atoms with Crippen LogP contribution in [0, 0.1) is 5.92 Å². The summed E-state index contributed by atoms with van der Waals surface area (Å²) in [4.78, 5) is 9.66. The highest BCUT2D eigenvalue weighted by molar-refractivity contribution is 6.01. The quantitative estimate of drug-likeness (QED) is 0.272. The Kier molecular flexibility index (Phi) is 5.07. The van der Waals surface area contributed by atoms with Crippen LogP contribution in [0.1, 0.15) is 57.0 Å². The van der Waals surface area contributed by atoms with Gasteiger partial charge in [-0.05, 0) is 76.8 Å². The van der Waals surface area contributed by atoms with Crippen LogP contribution in [0.2, 0.25) is 0 Å². The van der Waals surface area contributed by atoms with Gasteiger partial charge in [-0.15, -0.1) is 0 Å². The number of nitrogens with zero attached hydrogens (tertiary/aromatic N) is 2. The summed E-state index contributed by atoms with van der Waals surface area (Å²) in [6.07, 6.45) is 6.84. The van der Waals surface area contributed by atoms with Crippen molar-refractivity contribution in [2.75, 3.05) is 0 Å². The lowest BCUT2D eigenvalue weighted by atomic mass is 9.82. The van der Waals surface area contributed by atoms with E-state index in [4.69, 9.17) is 14.4 Å². The molecule has 0 saturated carbocycles. The Bertz CT molecular complexity index is 1580. The summed E-state index contributed by atoms with van der Waals surface area (Å²) in [5.74, 6) is 1.57. The zero-order valence-electron chi connectivity index (χ0n) is 21.3. The molecule has 6 rings (SSSR count). The molecule has 0 N–H and O–H groups in total. The Morgan fingerprint density at radius 1 is 0.971 bits per heavy atom. The van der Waals surface area contributed by atoms with Gasteiger partial charge in [0.05, 0.1) is 11.1 Å². The second-order valence-electron chi connectivity index (χ2n) is 11.4. The highest BCUT2D eigenvalue weighted by atomic mass is 16.3. The molecular weight excluding hydrogens is 428 g/mol. The van der Waals surface area contributed by atoms with Gasteiger partial charge in [0, 0.05) is 34.8 Å². The van der Waals surface area contributed by atoms with Crippen LogP contribution >= 0.6 is 0 Å². The second kappa shape index (κ2) is 8.05. The highest BCUT2D eigenvalue weighted by Gasteiger charge is 2.27. The first-order valence-electron chi connectivity index (χ1n) is 12.7. The van der Waals surface area contributed by atoms with Gasteiger partial charge in [-0.3, -0.25) is 9.97 Å². The summed E-state index contributed by atoms with van der Waals surface area (Å²) in [7, 11) is 0. The Morgan fingerprint density at radius 3 is 2.60 bits per heavy atom. The van der Waals surface area contributed by atoms with Gasteiger partial charge in [0.2, 0.25) is 0 Å². The van der Waals surface area contributed by atoms with E-state index in [1.54, 1.807) is 0 Å². The van der Waals surface area contributed by atoms with Crippen molar-refractivity contribution >= 4 is 21.7 Å². The predicted octanol–water partition coefficient (Wildman–Crippen LogP) is 8.30. The average molecular weight is 461 g/mol. The predicted molar refractivity (Wildman–Crippen MR) is 145 cm³/mol. The van der Waals surface area contributed by atoms with E-state index < -0.39 is 0 Å². The van der Waals surface area contributed by atoms with Gasteiger partial charge in [-0.25, -0.2) is 0 Å². The standard InChI is InChI=1S/C32H32N2O/c1-19(2)14-23-17-26-21(18-34-23)10-11-25-29-28(35-31(25)26)12-13-33-30(29)22-15-20-8-6-7-9-24(20)27(16-22)32(3,4)5/h6-9,12-13,15-19H,10-11,14H2,1-5H3. The zero-order chi connectivity index (χ0) is 24.3. The minimum absolute atomic E-state index is 0.0259. The minimum atomic E-state index is 0.0259. The van der Waals surface area contributed by atoms with E-state index >= 15 is 0 Å². The van der Waals surface area contributed by atoms with Crippen molar-refractivity contribution < 1.29 is 4.42 Å². The Hall–Kier alpha value is -3.46. The average Bonchev–Trinajstić information content (AvgIpc) is 3.22. The van der Waals surface area contributed by atoms with E-state index in [1.165, 1.54) is 33.0 Å². The van der Waals surface area contributed by atoms with E-state index in [0.717, 1.165) is 52.9 Å². The smallest absolute Gasteiger partial charge is 0.139 e. The molecule has 3 aromatic heterocycles. The van der Waals surface area contributed by atoms with Gasteiger partial charge < -0.3 is 4.42 Å². The molecule has 0 aliphatic heterocycles. The second-order valence-corrected chi connectivity index (χ2v) is 11.4. The van der Waals surface area contributed by atoms with Crippen LogP contribution < -0.4 is 0 Å². The summed E-state index contributed by atoms with van der Waals surface area (Å²) < 4.78 is 6.56. The molecular formula is C32H32N2O. The van der Waals surface area contributed by atoms with Crippen LogP contribution in [0.4, 0.5) is 0 Å². The number of benzene rings is 2. The number of furan rings is 1. The van der Waals surface area contributed by atoms with Crippen molar-refractivity contribution in [3.63, 3.8) is 0 Å². The van der Waals surface area contributed by atoms with Gasteiger partial charge in [-0.1, -0.05) is 58.9 Å². The number of aromatic nitrogens is 2. The van der Waals surface area contributed by atoms with Crippen molar-refractivity contribution in [3.05, 3.63) is 83.3 Å². The minimum Gasteiger partial charge on any atom is -0.456 e. The lowest BCUT2D eigenvalue weighted by Gasteiger charge is -2.23. The van der Waals surface area contributed by atoms with Crippen LogP contribution in [0.25, 0.3) is 44.3 Å². The molecule has 0 amide bonds. The van der Waals surface area contributed by atoms with Crippen LogP contribution in [0.15, 0.2) is 65.3 Å². The van der Waals surface area contributed by atoms with Crippen molar-refractivity contribution in [1.29, 1.82) is 0 Å². The van der Waals surface area contributed by atoms with E-state index in [0.29, 0.717) is 5.92 Å². The topological polar surface area (TPSA) is 38.9 Å². The summed E-state index contributed by atoms with van der Waals surface area (Å²) in [6.45, 7) is 11.3. The largest absolute Gasteiger partial charge is 0.456 e. The van der Waals surface area contributed by atoms with Crippen LogP contribution in [-0.4, -0.2) is 9.97 Å². The normalized spacial score (nSPS) is 13.4. The summed E-state index contributed by atoms with van der Waals surface area (Å²) >= 11 is 0. The molecule has 0 unspecified atom stereocenters. The first-order chi connectivity index (χ1) is 16.8.